The van der Waals surface area contributed by atoms with Crippen molar-refractivity contribution in [1.29, 1.82) is 0 Å². The van der Waals surface area contributed by atoms with E-state index in [2.05, 4.69) is 14.4 Å². The second-order valence-electron chi connectivity index (χ2n) is 1.96. The lowest BCUT2D eigenvalue weighted by Gasteiger charge is -1.70. The number of nitrogen functional groups attached to an aromatic ring is 1. The molecule has 0 spiro atoms. The Morgan fingerprint density at radius 1 is 1.25 bits per heavy atom. The monoisotopic (exact) mass is 163 g/mol. The molecule has 0 aliphatic heterocycles. The molecule has 2 N–H and O–H groups in total. The van der Waals surface area contributed by atoms with Gasteiger partial charge in [-0.3, -0.25) is 0 Å². The highest BCUT2D eigenvalue weighted by Gasteiger charge is 1.76. The third-order valence-electron chi connectivity index (χ3n) is 1.02. The summed E-state index contributed by atoms with van der Waals surface area (Å²) in [6.45, 7) is 0. The van der Waals surface area contributed by atoms with Gasteiger partial charge in [0.15, 0.2) is 0 Å². The van der Waals surface area contributed by atoms with Gasteiger partial charge in [-0.1, -0.05) is 0 Å². The number of hydrogen-bond donors (Lipinski definition) is 1. The SMILES string of the molecule is Nc1ccoc1.c1cncnc1. The molecule has 0 aliphatic rings. The number of hydrogen-bond acceptors (Lipinski definition) is 4. The van der Waals surface area contributed by atoms with Gasteiger partial charge in [0.2, 0.25) is 0 Å². The summed E-state index contributed by atoms with van der Waals surface area (Å²) in [4.78, 5) is 7.35. The molecular weight excluding hydrogens is 154 g/mol. The van der Waals surface area contributed by atoms with Crippen molar-refractivity contribution in [2.45, 2.75) is 0 Å². The zero-order valence-electron chi connectivity index (χ0n) is 6.42. The van der Waals surface area contributed by atoms with Gasteiger partial charge in [0, 0.05) is 12.4 Å². The molecule has 0 unspecified atom stereocenters. The van der Waals surface area contributed by atoms with Crippen molar-refractivity contribution in [3.8, 4) is 0 Å². The minimum atomic E-state index is 0.676. The normalized spacial score (nSPS) is 8.33. The van der Waals surface area contributed by atoms with Gasteiger partial charge in [0.1, 0.15) is 12.6 Å². The van der Waals surface area contributed by atoms with E-state index in [-0.39, 0.29) is 0 Å². The summed E-state index contributed by atoms with van der Waals surface area (Å²) in [5, 5.41) is 0. The van der Waals surface area contributed by atoms with Crippen LogP contribution in [0.2, 0.25) is 0 Å². The first-order valence-corrected chi connectivity index (χ1v) is 3.37. The van der Waals surface area contributed by atoms with E-state index in [0.717, 1.165) is 0 Å². The molecule has 4 nitrogen and oxygen atoms in total. The Morgan fingerprint density at radius 2 is 2.00 bits per heavy atom. The van der Waals surface area contributed by atoms with Crippen LogP contribution >= 0.6 is 0 Å². The molecule has 2 aromatic heterocycles. The van der Waals surface area contributed by atoms with Crippen LogP contribution in [-0.4, -0.2) is 9.97 Å². The molecule has 4 heteroatoms. The van der Waals surface area contributed by atoms with Crippen molar-refractivity contribution in [2.24, 2.45) is 0 Å². The van der Waals surface area contributed by atoms with Crippen LogP contribution in [0.1, 0.15) is 0 Å². The molecule has 0 amide bonds. The van der Waals surface area contributed by atoms with Crippen LogP contribution in [0.25, 0.3) is 0 Å². The summed E-state index contributed by atoms with van der Waals surface area (Å²) >= 11 is 0. The van der Waals surface area contributed by atoms with Crippen LogP contribution in [0.4, 0.5) is 5.69 Å². The Labute approximate surface area is 70.1 Å². The molecule has 0 atom stereocenters. The van der Waals surface area contributed by atoms with E-state index >= 15 is 0 Å². The number of aromatic nitrogens is 2. The third-order valence-corrected chi connectivity index (χ3v) is 1.02. The lowest BCUT2D eigenvalue weighted by molar-refractivity contribution is 0.568. The molecule has 2 aromatic rings. The van der Waals surface area contributed by atoms with Crippen molar-refractivity contribution in [1.82, 2.24) is 9.97 Å². The zero-order chi connectivity index (χ0) is 8.65. The Hall–Kier alpha value is -1.84. The highest BCUT2D eigenvalue weighted by Crippen LogP contribution is 1.97. The largest absolute Gasteiger partial charge is 0.470 e. The molecule has 0 aromatic carbocycles. The van der Waals surface area contributed by atoms with Crippen LogP contribution in [-0.2, 0) is 0 Å². The van der Waals surface area contributed by atoms with E-state index in [1.54, 1.807) is 24.5 Å². The molecular formula is C8H9N3O. The van der Waals surface area contributed by atoms with Crippen LogP contribution in [0.5, 0.6) is 0 Å². The van der Waals surface area contributed by atoms with Crippen molar-refractivity contribution < 1.29 is 4.42 Å². The molecule has 0 saturated carbocycles. The lowest BCUT2D eigenvalue weighted by Crippen LogP contribution is -1.74. The van der Waals surface area contributed by atoms with Gasteiger partial charge in [0.25, 0.3) is 0 Å². The average molecular weight is 163 g/mol. The van der Waals surface area contributed by atoms with E-state index in [1.165, 1.54) is 18.9 Å². The molecule has 0 aliphatic carbocycles. The predicted molar refractivity (Wildman–Crippen MR) is 45.2 cm³/mol. The quantitative estimate of drug-likeness (QED) is 0.636. The summed E-state index contributed by atoms with van der Waals surface area (Å²) in [5.74, 6) is 0. The minimum absolute atomic E-state index is 0.676. The van der Waals surface area contributed by atoms with Gasteiger partial charge in [0.05, 0.1) is 12.0 Å². The van der Waals surface area contributed by atoms with Crippen LogP contribution in [0.15, 0.2) is 47.8 Å². The van der Waals surface area contributed by atoms with E-state index in [4.69, 9.17) is 5.73 Å². The van der Waals surface area contributed by atoms with E-state index < -0.39 is 0 Å². The third kappa shape index (κ3) is 3.36. The first-order valence-electron chi connectivity index (χ1n) is 3.37. The number of furan rings is 1. The standard InChI is InChI=1S/C4H4N2.C4H5NO/c1-2-5-4-6-3-1;5-4-1-2-6-3-4/h1-4H;1-3H,5H2. The summed E-state index contributed by atoms with van der Waals surface area (Å²) in [5.41, 5.74) is 5.86. The molecule has 62 valence electrons. The van der Waals surface area contributed by atoms with Gasteiger partial charge in [-0.05, 0) is 12.1 Å². The number of nitrogens with two attached hydrogens (primary N) is 1. The summed E-state index contributed by atoms with van der Waals surface area (Å²) in [6.07, 6.45) is 7.90. The van der Waals surface area contributed by atoms with Crippen molar-refractivity contribution in [3.05, 3.63) is 43.4 Å². The maximum atomic E-state index is 5.18. The van der Waals surface area contributed by atoms with Crippen LogP contribution in [0, 0.1) is 0 Å². The predicted octanol–water partition coefficient (Wildman–Crippen LogP) is 1.34. The van der Waals surface area contributed by atoms with E-state index in [9.17, 15) is 0 Å². The molecule has 12 heavy (non-hydrogen) atoms. The molecule has 0 bridgehead atoms. The zero-order valence-corrected chi connectivity index (χ0v) is 6.42. The highest BCUT2D eigenvalue weighted by atomic mass is 16.3. The fraction of sp³-hybridized carbons (Fsp3) is 0. The summed E-state index contributed by atoms with van der Waals surface area (Å²) in [7, 11) is 0. The second-order valence-corrected chi connectivity index (χ2v) is 1.96. The highest BCUT2D eigenvalue weighted by molar-refractivity contribution is 5.30. The van der Waals surface area contributed by atoms with Crippen LogP contribution < -0.4 is 5.73 Å². The van der Waals surface area contributed by atoms with Gasteiger partial charge < -0.3 is 10.2 Å². The Kier molecular flexibility index (Phi) is 3.37. The topological polar surface area (TPSA) is 64.9 Å². The van der Waals surface area contributed by atoms with Gasteiger partial charge >= 0.3 is 0 Å². The van der Waals surface area contributed by atoms with Crippen molar-refractivity contribution >= 4 is 5.69 Å². The molecule has 2 heterocycles. The smallest absolute Gasteiger partial charge is 0.115 e. The number of anilines is 1. The Morgan fingerprint density at radius 3 is 2.17 bits per heavy atom. The first kappa shape index (κ1) is 8.26. The number of nitrogens with zero attached hydrogens (tertiary/aromatic N) is 2. The summed E-state index contributed by atoms with van der Waals surface area (Å²) < 4.78 is 4.59. The maximum Gasteiger partial charge on any atom is 0.115 e. The minimum Gasteiger partial charge on any atom is -0.470 e. The van der Waals surface area contributed by atoms with Crippen LogP contribution in [0.3, 0.4) is 0 Å². The van der Waals surface area contributed by atoms with Crippen molar-refractivity contribution in [3.63, 3.8) is 0 Å². The first-order chi connectivity index (χ1) is 5.89. The fourth-order valence-corrected chi connectivity index (χ4v) is 0.528. The maximum absolute atomic E-state index is 5.18. The molecule has 0 saturated heterocycles. The van der Waals surface area contributed by atoms with Gasteiger partial charge in [-0.15, -0.1) is 0 Å². The molecule has 0 radical (unpaired) electrons. The molecule has 0 fully saturated rings. The lowest BCUT2D eigenvalue weighted by atomic mass is 10.6. The van der Waals surface area contributed by atoms with Gasteiger partial charge in [-0.2, -0.15) is 0 Å². The van der Waals surface area contributed by atoms with E-state index in [0.29, 0.717) is 5.69 Å². The Bertz CT molecular complexity index is 254. The average Bonchev–Trinajstić information content (AvgIpc) is 2.60. The van der Waals surface area contributed by atoms with Gasteiger partial charge in [-0.25, -0.2) is 9.97 Å². The fourth-order valence-electron chi connectivity index (χ4n) is 0.528. The Balaban J connectivity index is 0.000000120. The number of rotatable bonds is 0. The second kappa shape index (κ2) is 4.90. The molecule has 2 rings (SSSR count). The van der Waals surface area contributed by atoms with E-state index in [1.807, 2.05) is 0 Å². The summed E-state index contributed by atoms with van der Waals surface area (Å²) in [6, 6.07) is 3.47. The van der Waals surface area contributed by atoms with Crippen molar-refractivity contribution in [2.75, 3.05) is 5.73 Å².